The van der Waals surface area contributed by atoms with Crippen molar-refractivity contribution >= 4 is 17.9 Å². The first-order chi connectivity index (χ1) is 11.3. The summed E-state index contributed by atoms with van der Waals surface area (Å²) in [5.74, 6) is -2.11. The van der Waals surface area contributed by atoms with E-state index in [-0.39, 0.29) is 13.0 Å². The Morgan fingerprint density at radius 3 is 2.79 bits per heavy atom. The fourth-order valence-corrected chi connectivity index (χ4v) is 3.90. The third-order valence-corrected chi connectivity index (χ3v) is 4.60. The van der Waals surface area contributed by atoms with E-state index in [2.05, 4.69) is 6.58 Å². The van der Waals surface area contributed by atoms with Crippen LogP contribution in [0.1, 0.15) is 31.7 Å². The predicted molar refractivity (Wildman–Crippen MR) is 83.2 cm³/mol. The quantitative estimate of drug-likeness (QED) is 0.364. The molecule has 1 aliphatic heterocycles. The van der Waals surface area contributed by atoms with Gasteiger partial charge in [0.15, 0.2) is 5.41 Å². The maximum Gasteiger partial charge on any atom is 0.329 e. The molecule has 2 aliphatic rings. The van der Waals surface area contributed by atoms with E-state index < -0.39 is 34.8 Å². The molecule has 1 aromatic rings. The van der Waals surface area contributed by atoms with Crippen LogP contribution in [0.4, 0.5) is 0 Å². The Hall–Kier alpha value is -2.63. The Bertz CT molecular complexity index is 739. The molecule has 3 atom stereocenters. The topological polar surface area (TPSA) is 78.9 Å². The molecule has 126 valence electrons. The summed E-state index contributed by atoms with van der Waals surface area (Å²) in [6, 6.07) is 6.93. The Balaban J connectivity index is 2.09. The number of benzene rings is 1. The summed E-state index contributed by atoms with van der Waals surface area (Å²) in [4.78, 5) is 36.8. The molecule has 1 aromatic carbocycles. The van der Waals surface area contributed by atoms with Crippen molar-refractivity contribution in [1.82, 2.24) is 0 Å². The summed E-state index contributed by atoms with van der Waals surface area (Å²) in [5.41, 5.74) is -1.82. The summed E-state index contributed by atoms with van der Waals surface area (Å²) >= 11 is 0. The summed E-state index contributed by atoms with van der Waals surface area (Å²) in [6.07, 6.45) is 1.45. The van der Waals surface area contributed by atoms with E-state index in [9.17, 15) is 14.4 Å². The number of fused-ring (bicyclic) bond motifs is 3. The summed E-state index contributed by atoms with van der Waals surface area (Å²) in [5, 5.41) is 0. The lowest BCUT2D eigenvalue weighted by atomic mass is 9.48. The van der Waals surface area contributed by atoms with Crippen LogP contribution in [0.15, 0.2) is 36.9 Å². The highest BCUT2D eigenvalue weighted by Crippen LogP contribution is 2.65. The van der Waals surface area contributed by atoms with Gasteiger partial charge in [0.2, 0.25) is 0 Å². The van der Waals surface area contributed by atoms with Crippen LogP contribution >= 0.6 is 0 Å². The monoisotopic (exact) mass is 330 g/mol. The molecular formula is C18H18O6. The summed E-state index contributed by atoms with van der Waals surface area (Å²) in [6.45, 7) is 6.51. The molecule has 1 aliphatic carbocycles. The number of carbonyl (C=O) groups is 3. The number of ether oxygens (including phenoxy) is 3. The van der Waals surface area contributed by atoms with Gasteiger partial charge >= 0.3 is 17.9 Å². The van der Waals surface area contributed by atoms with Crippen molar-refractivity contribution in [3.63, 3.8) is 0 Å². The lowest BCUT2D eigenvalue weighted by Crippen LogP contribution is -2.69. The van der Waals surface area contributed by atoms with E-state index in [0.717, 1.165) is 0 Å². The zero-order chi connectivity index (χ0) is 17.5. The summed E-state index contributed by atoms with van der Waals surface area (Å²) < 4.78 is 16.0. The highest BCUT2D eigenvalue weighted by Gasteiger charge is 2.75. The average Bonchev–Trinajstić information content (AvgIpc) is 2.50. The number of hydrogen-bond acceptors (Lipinski definition) is 6. The van der Waals surface area contributed by atoms with Crippen molar-refractivity contribution in [1.29, 1.82) is 0 Å². The molecule has 0 spiro atoms. The Morgan fingerprint density at radius 2 is 2.12 bits per heavy atom. The molecule has 1 heterocycles. The second-order valence-electron chi connectivity index (χ2n) is 6.30. The van der Waals surface area contributed by atoms with Crippen LogP contribution in [0.3, 0.4) is 0 Å². The minimum atomic E-state index is -1.50. The number of esters is 3. The van der Waals surface area contributed by atoms with Gasteiger partial charge < -0.3 is 14.2 Å². The maximum absolute atomic E-state index is 12.6. The van der Waals surface area contributed by atoms with Gasteiger partial charge in [0, 0.05) is 18.9 Å². The van der Waals surface area contributed by atoms with Crippen LogP contribution in [0.25, 0.3) is 0 Å². The third kappa shape index (κ3) is 2.13. The van der Waals surface area contributed by atoms with Gasteiger partial charge in [0.25, 0.3) is 0 Å². The first-order valence-corrected chi connectivity index (χ1v) is 7.64. The zero-order valence-corrected chi connectivity index (χ0v) is 13.5. The Labute approximate surface area is 139 Å². The molecule has 24 heavy (non-hydrogen) atoms. The van der Waals surface area contributed by atoms with E-state index in [4.69, 9.17) is 14.2 Å². The fraction of sp³-hybridized carbons (Fsp3) is 0.389. The molecule has 3 rings (SSSR count). The molecule has 1 fully saturated rings. The van der Waals surface area contributed by atoms with Crippen molar-refractivity contribution in [3.05, 3.63) is 42.5 Å². The lowest BCUT2D eigenvalue weighted by Gasteiger charge is -2.58. The third-order valence-electron chi connectivity index (χ3n) is 4.60. The lowest BCUT2D eigenvalue weighted by molar-refractivity contribution is -0.218. The zero-order valence-electron chi connectivity index (χ0n) is 13.5. The van der Waals surface area contributed by atoms with Crippen LogP contribution in [0.2, 0.25) is 0 Å². The molecule has 0 N–H and O–H groups in total. The van der Waals surface area contributed by atoms with Crippen molar-refractivity contribution in [2.75, 3.05) is 6.61 Å². The van der Waals surface area contributed by atoms with Gasteiger partial charge in [-0.05, 0) is 13.0 Å². The highest BCUT2D eigenvalue weighted by molar-refractivity contribution is 6.05. The summed E-state index contributed by atoms with van der Waals surface area (Å²) in [7, 11) is 0. The number of para-hydroxylation sites is 1. The first kappa shape index (κ1) is 16.2. The van der Waals surface area contributed by atoms with Gasteiger partial charge in [-0.2, -0.15) is 0 Å². The molecule has 0 bridgehead atoms. The molecule has 0 amide bonds. The standard InChI is InChI=1S/C18H18O6/c1-4-9-22-15(20)18-10-17(3,24-11(2)19)14(18)12-7-5-6-8-13(12)23-16(18)21/h4-8,14H,1,9-10H2,2-3H3/t14-,17+,18-/m0/s1. The second-order valence-corrected chi connectivity index (χ2v) is 6.30. The minimum absolute atomic E-state index is 0.00743. The Morgan fingerprint density at radius 1 is 1.42 bits per heavy atom. The van der Waals surface area contributed by atoms with Crippen LogP contribution in [0.5, 0.6) is 5.75 Å². The molecule has 6 nitrogen and oxygen atoms in total. The molecule has 1 saturated carbocycles. The normalized spacial score (nSPS) is 30.1. The van der Waals surface area contributed by atoms with Crippen molar-refractivity contribution < 1.29 is 28.6 Å². The van der Waals surface area contributed by atoms with E-state index in [1.807, 2.05) is 0 Å². The van der Waals surface area contributed by atoms with Gasteiger partial charge in [-0.25, -0.2) is 0 Å². The largest absolute Gasteiger partial charge is 0.461 e. The smallest absolute Gasteiger partial charge is 0.329 e. The molecule has 0 radical (unpaired) electrons. The van der Waals surface area contributed by atoms with Crippen LogP contribution in [-0.4, -0.2) is 30.1 Å². The predicted octanol–water partition coefficient (Wildman–Crippen LogP) is 2.13. The molecular weight excluding hydrogens is 312 g/mol. The molecule has 0 aromatic heterocycles. The van der Waals surface area contributed by atoms with E-state index in [1.54, 1.807) is 31.2 Å². The molecule has 6 heteroatoms. The van der Waals surface area contributed by atoms with Crippen LogP contribution in [-0.2, 0) is 23.9 Å². The van der Waals surface area contributed by atoms with Crippen molar-refractivity contribution in [2.24, 2.45) is 5.41 Å². The Kier molecular flexibility index (Phi) is 3.70. The van der Waals surface area contributed by atoms with Crippen LogP contribution < -0.4 is 4.74 Å². The van der Waals surface area contributed by atoms with Gasteiger partial charge in [0.1, 0.15) is 18.0 Å². The molecule has 0 saturated heterocycles. The minimum Gasteiger partial charge on any atom is -0.461 e. The van der Waals surface area contributed by atoms with E-state index >= 15 is 0 Å². The highest BCUT2D eigenvalue weighted by atomic mass is 16.6. The molecule has 0 unspecified atom stereocenters. The number of carbonyl (C=O) groups excluding carboxylic acids is 3. The van der Waals surface area contributed by atoms with Crippen LogP contribution in [0, 0.1) is 5.41 Å². The van der Waals surface area contributed by atoms with Crippen molar-refractivity contribution in [2.45, 2.75) is 31.8 Å². The average molecular weight is 330 g/mol. The second kappa shape index (κ2) is 5.47. The van der Waals surface area contributed by atoms with Gasteiger partial charge in [0.05, 0.1) is 5.92 Å². The van der Waals surface area contributed by atoms with Gasteiger partial charge in [-0.15, -0.1) is 0 Å². The van der Waals surface area contributed by atoms with Gasteiger partial charge in [-0.1, -0.05) is 30.9 Å². The fourth-order valence-electron chi connectivity index (χ4n) is 3.90. The first-order valence-electron chi connectivity index (χ1n) is 7.64. The van der Waals surface area contributed by atoms with E-state index in [1.165, 1.54) is 13.0 Å². The maximum atomic E-state index is 12.6. The van der Waals surface area contributed by atoms with E-state index in [0.29, 0.717) is 11.3 Å². The SMILES string of the molecule is C=CCOC(=O)[C@]12C[C@@](C)(OC(C)=O)[C@@H]1c1ccccc1OC2=O. The number of hydrogen-bond donors (Lipinski definition) is 0. The number of rotatable bonds is 4. The van der Waals surface area contributed by atoms with Crippen molar-refractivity contribution in [3.8, 4) is 5.75 Å². The van der Waals surface area contributed by atoms with Gasteiger partial charge in [-0.3, -0.25) is 14.4 Å².